The van der Waals surface area contributed by atoms with Crippen molar-refractivity contribution in [2.75, 3.05) is 0 Å². The maximum atomic E-state index is 12.8. The van der Waals surface area contributed by atoms with Crippen LogP contribution in [0.1, 0.15) is 194 Å². The van der Waals surface area contributed by atoms with Gasteiger partial charge in [-0.1, -0.05) is 141 Å². The van der Waals surface area contributed by atoms with E-state index in [2.05, 4.69) is 38.2 Å². The second-order valence-electron chi connectivity index (χ2n) is 13.2. The third-order valence-corrected chi connectivity index (χ3v) is 9.00. The lowest BCUT2D eigenvalue weighted by Gasteiger charge is -2.28. The minimum Gasteiger partial charge on any atom is -0.479 e. The van der Waals surface area contributed by atoms with E-state index in [0.29, 0.717) is 12.8 Å². The van der Waals surface area contributed by atoms with E-state index in [9.17, 15) is 19.5 Å². The van der Waals surface area contributed by atoms with Crippen molar-refractivity contribution in [1.82, 2.24) is 0 Å². The van der Waals surface area contributed by atoms with Crippen molar-refractivity contribution >= 4 is 17.5 Å². The van der Waals surface area contributed by atoms with Crippen LogP contribution < -0.4 is 11.5 Å². The van der Waals surface area contributed by atoms with Crippen LogP contribution in [-0.4, -0.2) is 34.2 Å². The zero-order valence-electron chi connectivity index (χ0n) is 29.5. The Morgan fingerprint density at radius 1 is 0.533 bits per heavy atom. The van der Waals surface area contributed by atoms with Crippen LogP contribution in [0.4, 0.5) is 0 Å². The van der Waals surface area contributed by atoms with Crippen molar-refractivity contribution in [3.05, 3.63) is 24.3 Å². The van der Waals surface area contributed by atoms with Crippen LogP contribution in [0, 0.1) is 0 Å². The summed E-state index contributed by atoms with van der Waals surface area (Å²) in [6.45, 7) is 4.49. The second-order valence-corrected chi connectivity index (χ2v) is 13.2. The molecule has 0 heterocycles. The van der Waals surface area contributed by atoms with E-state index in [1.54, 1.807) is 0 Å². The number of carbonyl (C=O) groups excluding carboxylic acids is 2. The zero-order valence-corrected chi connectivity index (χ0v) is 29.5. The third kappa shape index (κ3) is 23.2. The molecule has 0 aliphatic rings. The number of nitrogens with two attached hydrogens (primary N) is 2. The Hall–Kier alpha value is -1.79. The number of unbranched alkanes of at least 4 members (excludes halogenated alkanes) is 22. The normalized spacial score (nSPS) is 13.9. The Labute approximate surface area is 277 Å². The fraction of sp³-hybridized carbons (Fsp3) is 0.821. The number of ketones is 2. The quantitative estimate of drug-likeness (QED) is 0.0368. The largest absolute Gasteiger partial charge is 0.479 e. The van der Waals surface area contributed by atoms with Gasteiger partial charge in [-0.05, 0) is 64.2 Å². The maximum Gasteiger partial charge on any atom is 0.333 e. The van der Waals surface area contributed by atoms with Gasteiger partial charge in [0.25, 0.3) is 0 Å². The molecule has 0 amide bonds. The third-order valence-electron chi connectivity index (χ3n) is 9.00. The van der Waals surface area contributed by atoms with Gasteiger partial charge in [-0.15, -0.1) is 0 Å². The fourth-order valence-electron chi connectivity index (χ4n) is 5.77. The molecule has 0 aromatic rings. The Balaban J connectivity index is 4.03. The molecule has 0 aromatic carbocycles. The highest BCUT2D eigenvalue weighted by atomic mass is 16.4. The average molecular weight is 633 g/mol. The van der Waals surface area contributed by atoms with Crippen LogP contribution in [0.15, 0.2) is 24.3 Å². The number of Topliss-reactive ketones (excluding diaryl/α,β-unsaturated/α-hetero) is 2. The standard InChI is InChI=1S/C39H72N2O4/c1-3-5-7-9-11-13-15-17-19-21-23-25-27-29-31-33-35(42)37(40)39(41,38(44)45)36(43)34-32-30-28-26-24-22-20-18-16-14-12-10-8-6-4-2/h17-20,37H,3-16,21-34,40-41H2,1-2H3,(H,44,45)/b19-17-,20-18-. The van der Waals surface area contributed by atoms with E-state index >= 15 is 0 Å². The molecule has 0 aliphatic heterocycles. The number of allylic oxidation sites excluding steroid dienone is 4. The molecule has 2 atom stereocenters. The number of hydrogen-bond donors (Lipinski definition) is 3. The predicted octanol–water partition coefficient (Wildman–Crippen LogP) is 10.3. The van der Waals surface area contributed by atoms with Gasteiger partial charge in [0.05, 0.1) is 0 Å². The first-order valence-electron chi connectivity index (χ1n) is 19.0. The van der Waals surface area contributed by atoms with E-state index < -0.39 is 29.1 Å². The molecule has 2 unspecified atom stereocenters. The second kappa shape index (κ2) is 30.8. The van der Waals surface area contributed by atoms with Gasteiger partial charge in [-0.25, -0.2) is 4.79 Å². The molecular formula is C39H72N2O4. The molecule has 0 bridgehead atoms. The minimum absolute atomic E-state index is 0.0370. The van der Waals surface area contributed by atoms with E-state index in [1.807, 2.05) is 0 Å². The van der Waals surface area contributed by atoms with Crippen LogP contribution in [0.3, 0.4) is 0 Å². The fourth-order valence-corrected chi connectivity index (χ4v) is 5.77. The summed E-state index contributed by atoms with van der Waals surface area (Å²) in [6.07, 6.45) is 39.2. The summed E-state index contributed by atoms with van der Waals surface area (Å²) in [4.78, 5) is 37.5. The van der Waals surface area contributed by atoms with E-state index in [4.69, 9.17) is 11.5 Å². The molecule has 262 valence electrons. The van der Waals surface area contributed by atoms with Crippen molar-refractivity contribution < 1.29 is 19.5 Å². The van der Waals surface area contributed by atoms with Crippen molar-refractivity contribution in [2.24, 2.45) is 11.5 Å². The summed E-state index contributed by atoms with van der Waals surface area (Å²) >= 11 is 0. The molecule has 0 aromatic heterocycles. The number of rotatable bonds is 34. The van der Waals surface area contributed by atoms with Gasteiger partial charge in [-0.3, -0.25) is 9.59 Å². The first-order valence-corrected chi connectivity index (χ1v) is 19.0. The number of carboxylic acid groups (broad SMARTS) is 1. The van der Waals surface area contributed by atoms with Crippen LogP contribution >= 0.6 is 0 Å². The summed E-state index contributed by atoms with van der Waals surface area (Å²) in [5.74, 6) is -2.58. The molecule has 0 radical (unpaired) electrons. The lowest BCUT2D eigenvalue weighted by atomic mass is 9.81. The van der Waals surface area contributed by atoms with Crippen LogP contribution in [0.2, 0.25) is 0 Å². The first-order chi connectivity index (χ1) is 21.8. The van der Waals surface area contributed by atoms with Crippen molar-refractivity contribution in [3.63, 3.8) is 0 Å². The molecule has 6 nitrogen and oxygen atoms in total. The maximum absolute atomic E-state index is 12.8. The lowest BCUT2D eigenvalue weighted by Crippen LogP contribution is -2.68. The highest BCUT2D eigenvalue weighted by Gasteiger charge is 2.49. The molecule has 6 heteroatoms. The average Bonchev–Trinajstić information content (AvgIpc) is 3.03. The van der Waals surface area contributed by atoms with Gasteiger partial charge < -0.3 is 16.6 Å². The highest BCUT2D eigenvalue weighted by molar-refractivity contribution is 6.12. The van der Waals surface area contributed by atoms with Crippen LogP contribution in [0.5, 0.6) is 0 Å². The van der Waals surface area contributed by atoms with E-state index in [1.165, 1.54) is 89.9 Å². The molecular weight excluding hydrogens is 560 g/mol. The zero-order chi connectivity index (χ0) is 33.4. The van der Waals surface area contributed by atoms with Crippen LogP contribution in [0.25, 0.3) is 0 Å². The highest BCUT2D eigenvalue weighted by Crippen LogP contribution is 2.18. The van der Waals surface area contributed by atoms with Gasteiger partial charge in [0, 0.05) is 12.8 Å². The van der Waals surface area contributed by atoms with Gasteiger partial charge in [0.1, 0.15) is 6.04 Å². The summed E-state index contributed by atoms with van der Waals surface area (Å²) in [5, 5.41) is 9.76. The number of carboxylic acids is 1. The SMILES string of the molecule is CCCCCCCC/C=C\CCCCCCCC(=O)C(N)C(N)(C(=O)O)C(=O)CCCCCCC/C=C\CCCCCCCC. The lowest BCUT2D eigenvalue weighted by molar-refractivity contribution is -0.151. The Morgan fingerprint density at radius 3 is 1.20 bits per heavy atom. The molecule has 0 spiro atoms. The van der Waals surface area contributed by atoms with Gasteiger partial charge >= 0.3 is 5.97 Å². The minimum atomic E-state index is -2.35. The van der Waals surface area contributed by atoms with Crippen molar-refractivity contribution in [1.29, 1.82) is 0 Å². The Bertz CT molecular complexity index is 794. The van der Waals surface area contributed by atoms with Crippen LogP contribution in [-0.2, 0) is 14.4 Å². The smallest absolute Gasteiger partial charge is 0.333 e. The Kier molecular flexibility index (Phi) is 29.6. The van der Waals surface area contributed by atoms with Crippen molar-refractivity contribution in [2.45, 2.75) is 205 Å². The predicted molar refractivity (Wildman–Crippen MR) is 191 cm³/mol. The Morgan fingerprint density at radius 2 is 0.844 bits per heavy atom. The summed E-state index contributed by atoms with van der Waals surface area (Å²) in [7, 11) is 0. The molecule has 0 aliphatic carbocycles. The van der Waals surface area contributed by atoms with Gasteiger partial charge in [-0.2, -0.15) is 0 Å². The van der Waals surface area contributed by atoms with E-state index in [-0.39, 0.29) is 12.8 Å². The number of hydrogen-bond acceptors (Lipinski definition) is 5. The van der Waals surface area contributed by atoms with Gasteiger partial charge in [0.15, 0.2) is 17.1 Å². The topological polar surface area (TPSA) is 123 Å². The summed E-state index contributed by atoms with van der Waals surface area (Å²) < 4.78 is 0. The number of aliphatic carboxylic acids is 1. The molecule has 0 saturated heterocycles. The number of carbonyl (C=O) groups is 3. The molecule has 0 rings (SSSR count). The van der Waals surface area contributed by atoms with Crippen molar-refractivity contribution in [3.8, 4) is 0 Å². The van der Waals surface area contributed by atoms with Gasteiger partial charge in [0.2, 0.25) is 0 Å². The molecule has 45 heavy (non-hydrogen) atoms. The molecule has 5 N–H and O–H groups in total. The van der Waals surface area contributed by atoms with E-state index in [0.717, 1.165) is 64.2 Å². The molecule has 0 fully saturated rings. The monoisotopic (exact) mass is 633 g/mol. The first kappa shape index (κ1) is 43.2. The summed E-state index contributed by atoms with van der Waals surface area (Å²) in [6, 6.07) is -1.51. The summed E-state index contributed by atoms with van der Waals surface area (Å²) in [5.41, 5.74) is 9.71. The molecule has 0 saturated carbocycles.